The van der Waals surface area contributed by atoms with E-state index in [0.29, 0.717) is 12.8 Å². The summed E-state index contributed by atoms with van der Waals surface area (Å²) in [7, 11) is 0. The number of carbonyl (C=O) groups excluding carboxylic acids is 19. The van der Waals surface area contributed by atoms with Crippen molar-refractivity contribution in [1.82, 2.24) is 69.1 Å². The van der Waals surface area contributed by atoms with Crippen LogP contribution in [0.1, 0.15) is 278 Å². The Morgan fingerprint density at radius 1 is 0.282 bits per heavy atom. The van der Waals surface area contributed by atoms with E-state index >= 15 is 0 Å². The van der Waals surface area contributed by atoms with Gasteiger partial charge in [-0.05, 0) is 118 Å². The Morgan fingerprint density at radius 2 is 0.532 bits per heavy atom. The molecule has 0 aliphatic heterocycles. The quantitative estimate of drug-likeness (QED) is 0.0289. The molecule has 18 amide bonds. The summed E-state index contributed by atoms with van der Waals surface area (Å²) in [6.07, 6.45) is 2.25. The lowest BCUT2D eigenvalue weighted by Crippen LogP contribution is -2.62. The number of hydrogen-bond acceptors (Lipinski definition) is 21. The number of primary amides is 5. The van der Waals surface area contributed by atoms with E-state index < -0.39 is 273 Å². The maximum atomic E-state index is 14.8. The maximum Gasteiger partial charge on any atom is 0.306 e. The molecule has 0 aliphatic rings. The van der Waals surface area contributed by atoms with Gasteiger partial charge in [-0.25, -0.2) is 0 Å². The molecule has 0 spiro atoms. The van der Waals surface area contributed by atoms with Crippen LogP contribution in [-0.2, 0) is 101 Å². The van der Waals surface area contributed by atoms with Crippen LogP contribution in [0.4, 0.5) is 0 Å². The van der Waals surface area contributed by atoms with Crippen LogP contribution in [0.25, 0.3) is 0 Å². The van der Waals surface area contributed by atoms with E-state index in [0.717, 1.165) is 38.5 Å². The molecule has 706 valence electrons. The molecule has 24 N–H and O–H groups in total. The van der Waals surface area contributed by atoms with Gasteiger partial charge in [0.05, 0.1) is 0 Å². The zero-order valence-corrected chi connectivity index (χ0v) is 75.9. The molecule has 0 aliphatic carbocycles. The number of rotatable bonds is 66. The minimum atomic E-state index is -1.90. The van der Waals surface area contributed by atoms with E-state index in [1.807, 2.05) is 6.92 Å². The largest absolute Gasteiger partial charge is 0.481 e. The fraction of sp³-hybridized carbons (Fsp3) is 0.762. The Bertz CT molecular complexity index is 3540. The molecule has 0 saturated heterocycles. The van der Waals surface area contributed by atoms with Crippen molar-refractivity contribution in [2.75, 3.05) is 6.61 Å². The Morgan fingerprint density at radius 3 is 0.823 bits per heavy atom. The molecule has 0 aromatic carbocycles. The highest BCUT2D eigenvalue weighted by Crippen LogP contribution is 2.19. The molecule has 0 aromatic rings. The number of hydrogen-bond donors (Lipinski definition) is 19. The number of esters is 1. The molecular weight excluding hydrogens is 1610 g/mol. The molecule has 0 heterocycles. The van der Waals surface area contributed by atoms with E-state index in [1.54, 1.807) is 76.2 Å². The van der Waals surface area contributed by atoms with Crippen LogP contribution in [-0.4, -0.2) is 209 Å². The zero-order valence-electron chi connectivity index (χ0n) is 75.9. The van der Waals surface area contributed by atoms with Gasteiger partial charge in [0.25, 0.3) is 0 Å². The average molecular weight is 1760 g/mol. The number of ether oxygens (including phenoxy) is 1. The lowest BCUT2D eigenvalue weighted by atomic mass is 9.98. The average Bonchev–Trinajstić information content (AvgIpc) is 0.814. The van der Waals surface area contributed by atoms with Crippen molar-refractivity contribution >= 4 is 118 Å². The Hall–Kier alpha value is -10.6. The number of amides is 18. The SMILES string of the molecule is CCCCCCCCCC(=O)N[C@H](CC(C)C)C(=O)N[C@H](CCC(=O)O)C(=O)N[C@H](CCC(N)=O)C(=O)N[C@@H](C(=O)N[C@H](CC(C)C)C(=O)N[C@@H](CCC(N)=O)C(=O)N[C@H](COC(=O)C[C@@H](C)CC)C(=O)N[C@@H](C(=O)N[C@H](CC(C)C)C(=O)N[C@H](CCC(N)=O)C(=O)N[C@@H](CC(C)C)C(=O)N[C@@H](CC(C)C)C(=O)N[C@H](CCC(N)=O)C(N)=O)C(C)C)C(C)C. The molecule has 0 fully saturated rings. The van der Waals surface area contributed by atoms with Crippen LogP contribution in [0.2, 0.25) is 0 Å². The summed E-state index contributed by atoms with van der Waals surface area (Å²) >= 11 is 0. The first-order chi connectivity index (χ1) is 57.8. The molecule has 0 saturated carbocycles. The summed E-state index contributed by atoms with van der Waals surface area (Å²) in [5.74, 6) is -22.4. The fourth-order valence-electron chi connectivity index (χ4n) is 12.9. The van der Waals surface area contributed by atoms with Crippen molar-refractivity contribution in [3.8, 4) is 0 Å². The number of nitrogens with two attached hydrogens (primary N) is 5. The van der Waals surface area contributed by atoms with Gasteiger partial charge in [0, 0.05) is 44.9 Å². The molecule has 0 unspecified atom stereocenters. The van der Waals surface area contributed by atoms with Gasteiger partial charge >= 0.3 is 11.9 Å². The van der Waals surface area contributed by atoms with E-state index in [9.17, 15) is 101 Å². The third-order valence-corrected chi connectivity index (χ3v) is 20.0. The number of carboxylic acid groups (broad SMARTS) is 1. The fourth-order valence-corrected chi connectivity index (χ4v) is 12.9. The lowest BCUT2D eigenvalue weighted by molar-refractivity contribution is -0.148. The van der Waals surface area contributed by atoms with Crippen molar-refractivity contribution in [2.24, 2.45) is 76.0 Å². The van der Waals surface area contributed by atoms with Crippen LogP contribution in [0.3, 0.4) is 0 Å². The maximum absolute atomic E-state index is 14.8. The molecule has 0 aromatic heterocycles. The third kappa shape index (κ3) is 49.0. The summed E-state index contributed by atoms with van der Waals surface area (Å²) in [5.41, 5.74) is 27.4. The first-order valence-electron chi connectivity index (χ1n) is 43.6. The van der Waals surface area contributed by atoms with Gasteiger partial charge in [-0.15, -0.1) is 0 Å². The minimum Gasteiger partial charge on any atom is -0.481 e. The van der Waals surface area contributed by atoms with Gasteiger partial charge in [-0.1, -0.05) is 163 Å². The van der Waals surface area contributed by atoms with Gasteiger partial charge in [-0.2, -0.15) is 0 Å². The summed E-state index contributed by atoms with van der Waals surface area (Å²) in [4.78, 5) is 272. The van der Waals surface area contributed by atoms with Crippen molar-refractivity contribution < 1.29 is 106 Å². The molecule has 124 heavy (non-hydrogen) atoms. The van der Waals surface area contributed by atoms with Gasteiger partial charge in [0.15, 0.2) is 0 Å². The third-order valence-electron chi connectivity index (χ3n) is 20.0. The molecule has 14 atom stereocenters. The predicted octanol–water partition coefficient (Wildman–Crippen LogP) is 0.364. The summed E-state index contributed by atoms with van der Waals surface area (Å²) < 4.78 is 5.54. The van der Waals surface area contributed by atoms with Crippen molar-refractivity contribution in [3.05, 3.63) is 0 Å². The molecule has 0 rings (SSSR count). The van der Waals surface area contributed by atoms with Crippen molar-refractivity contribution in [1.29, 1.82) is 0 Å². The second-order valence-corrected chi connectivity index (χ2v) is 35.0. The summed E-state index contributed by atoms with van der Waals surface area (Å²) in [5, 5.41) is 43.0. The van der Waals surface area contributed by atoms with Gasteiger partial charge in [0.1, 0.15) is 85.2 Å². The predicted molar refractivity (Wildman–Crippen MR) is 459 cm³/mol. The normalized spacial score (nSPS) is 14.8. The Balaban J connectivity index is 7.49. The highest BCUT2D eigenvalue weighted by Gasteiger charge is 2.40. The molecule has 0 radical (unpaired) electrons. The minimum absolute atomic E-state index is 0.0257. The first-order valence-corrected chi connectivity index (χ1v) is 43.6. The first kappa shape index (κ1) is 113. The molecule has 40 nitrogen and oxygen atoms in total. The summed E-state index contributed by atoms with van der Waals surface area (Å²) in [6, 6.07) is -20.0. The van der Waals surface area contributed by atoms with E-state index in [4.69, 9.17) is 33.4 Å². The zero-order chi connectivity index (χ0) is 95.0. The standard InChI is InChI=1S/C84H148N18O22/c1-18-20-21-22-23-24-25-26-67(107)90-57(37-44(3)4)77(116)95-56(31-36-68(108)109)73(112)92-55(30-35-66(88)106)76(115)101-70(49(13)14)83(122)98-61(41-48(11)12)80(119)94-54(29-34-65(87)105)75(114)100-62(43-124-69(110)42-51(17)19-2)82(121)102-71(50(15)16)84(123)99-60(40-47(9)10)79(118)93-53(28-33-64(86)104)74(113)96-59(39-46(7)8)81(120)97-58(38-45(5)6)78(117)91-52(72(89)111)27-32-63(85)103/h44-62,70-71H,18-43H2,1-17H3,(H2,85,103)(H2,86,104)(H2,87,105)(H2,88,106)(H2,89,111)(H,90,107)(H,91,117)(H,92,112)(H,93,118)(H,94,119)(H,95,116)(H,96,113)(H,97,120)(H,98,122)(H,99,123)(H,100,114)(H,101,115)(H,102,121)(H,108,109)/t51-,52+,53+,54-,55+,56+,57+,58-,59-,60+,61+,62+,70+,71+/m0/s1. The number of carboxylic acids is 1. The van der Waals surface area contributed by atoms with Crippen molar-refractivity contribution in [3.63, 3.8) is 0 Å². The van der Waals surface area contributed by atoms with E-state index in [-0.39, 0.29) is 87.4 Å². The monoisotopic (exact) mass is 1760 g/mol. The smallest absolute Gasteiger partial charge is 0.306 e. The van der Waals surface area contributed by atoms with E-state index in [1.165, 1.54) is 27.7 Å². The van der Waals surface area contributed by atoms with E-state index in [2.05, 4.69) is 76.0 Å². The lowest BCUT2D eigenvalue weighted by Gasteiger charge is -2.30. The van der Waals surface area contributed by atoms with Crippen LogP contribution in [0, 0.1) is 47.3 Å². The van der Waals surface area contributed by atoms with Crippen LogP contribution in [0.15, 0.2) is 0 Å². The second kappa shape index (κ2) is 60.1. The second-order valence-electron chi connectivity index (χ2n) is 35.0. The number of unbranched alkanes of at least 4 members (excludes halogenated alkanes) is 6. The number of nitrogens with one attached hydrogen (secondary N) is 13. The molecular formula is C84H148N18O22. The topological polar surface area (TPSA) is 657 Å². The van der Waals surface area contributed by atoms with Gasteiger partial charge in [0.2, 0.25) is 106 Å². The van der Waals surface area contributed by atoms with Gasteiger partial charge in [-0.3, -0.25) is 95.9 Å². The summed E-state index contributed by atoms with van der Waals surface area (Å²) in [6.45, 7) is 28.2. The Labute approximate surface area is 729 Å². The van der Waals surface area contributed by atoms with Crippen LogP contribution >= 0.6 is 0 Å². The highest BCUT2D eigenvalue weighted by atomic mass is 16.5. The highest BCUT2D eigenvalue weighted by molar-refractivity contribution is 6.01. The number of aliphatic carboxylic acids is 1. The van der Waals surface area contributed by atoms with Crippen LogP contribution in [0.5, 0.6) is 0 Å². The van der Waals surface area contributed by atoms with Gasteiger partial charge < -0.3 is 108 Å². The van der Waals surface area contributed by atoms with Crippen LogP contribution < -0.4 is 97.8 Å². The molecule has 40 heteroatoms. The Kier molecular flexibility index (Phi) is 54.9. The number of carbonyl (C=O) groups is 20. The molecule has 0 bridgehead atoms. The van der Waals surface area contributed by atoms with Crippen molar-refractivity contribution in [2.45, 2.75) is 357 Å².